The topological polar surface area (TPSA) is 56.1 Å². The van der Waals surface area contributed by atoms with Crippen molar-refractivity contribution in [2.45, 2.75) is 39.7 Å². The van der Waals surface area contributed by atoms with E-state index in [2.05, 4.69) is 54.9 Å². The lowest BCUT2D eigenvalue weighted by Crippen LogP contribution is -2.25. The number of carbonyl (C=O) groups excluding carboxylic acids is 1. The van der Waals surface area contributed by atoms with Gasteiger partial charge < -0.3 is 14.6 Å². The van der Waals surface area contributed by atoms with Crippen LogP contribution in [0.3, 0.4) is 0 Å². The predicted octanol–water partition coefficient (Wildman–Crippen LogP) is 5.92. The Labute approximate surface area is 207 Å². The number of aryl methyl sites for hydroxylation is 1. The molecule has 180 valence electrons. The number of nitrogens with zero attached hydrogens (tertiary/aromatic N) is 2. The van der Waals surface area contributed by atoms with E-state index in [0.717, 1.165) is 28.2 Å². The van der Waals surface area contributed by atoms with Crippen LogP contribution < -0.4 is 10.1 Å². The molecule has 4 rings (SSSR count). The Balaban J connectivity index is 1.41. The summed E-state index contributed by atoms with van der Waals surface area (Å²) >= 11 is 0. The summed E-state index contributed by atoms with van der Waals surface area (Å²) in [4.78, 5) is 17.1. The molecule has 0 unspecified atom stereocenters. The van der Waals surface area contributed by atoms with E-state index >= 15 is 0 Å². The van der Waals surface area contributed by atoms with E-state index in [-0.39, 0.29) is 5.91 Å². The van der Waals surface area contributed by atoms with Crippen LogP contribution in [0.15, 0.2) is 78.9 Å². The Kier molecular flexibility index (Phi) is 7.99. The highest BCUT2D eigenvalue weighted by Crippen LogP contribution is 2.27. The number of ether oxygens (including phenoxy) is 1. The smallest absolute Gasteiger partial charge is 0.244 e. The van der Waals surface area contributed by atoms with Gasteiger partial charge in [0.05, 0.1) is 17.6 Å². The molecule has 1 heterocycles. The summed E-state index contributed by atoms with van der Waals surface area (Å²) in [5.41, 5.74) is 5.44. The van der Waals surface area contributed by atoms with E-state index in [1.807, 2.05) is 54.6 Å². The van der Waals surface area contributed by atoms with Crippen molar-refractivity contribution in [3.8, 4) is 5.75 Å². The van der Waals surface area contributed by atoms with Crippen LogP contribution in [0.4, 0.5) is 0 Å². The summed E-state index contributed by atoms with van der Waals surface area (Å²) in [6.45, 7) is 8.19. The zero-order chi connectivity index (χ0) is 24.6. The van der Waals surface area contributed by atoms with E-state index in [0.29, 0.717) is 32.0 Å². The predicted molar refractivity (Wildman–Crippen MR) is 143 cm³/mol. The van der Waals surface area contributed by atoms with Gasteiger partial charge in [0.15, 0.2) is 0 Å². The van der Waals surface area contributed by atoms with Crippen molar-refractivity contribution in [1.29, 1.82) is 0 Å². The lowest BCUT2D eigenvalue weighted by atomic mass is 10.0. The third-order valence-corrected chi connectivity index (χ3v) is 5.97. The third kappa shape index (κ3) is 6.38. The first-order valence-electron chi connectivity index (χ1n) is 12.2. The van der Waals surface area contributed by atoms with Gasteiger partial charge in [-0.2, -0.15) is 0 Å². The molecule has 1 N–H and O–H groups in total. The monoisotopic (exact) mass is 467 g/mol. The van der Waals surface area contributed by atoms with Crippen molar-refractivity contribution in [1.82, 2.24) is 14.9 Å². The van der Waals surface area contributed by atoms with Gasteiger partial charge in [-0.15, -0.1) is 0 Å². The Morgan fingerprint density at radius 1 is 1.06 bits per heavy atom. The van der Waals surface area contributed by atoms with Crippen LogP contribution in [0, 0.1) is 6.92 Å². The van der Waals surface area contributed by atoms with Crippen molar-refractivity contribution in [2.75, 3.05) is 13.2 Å². The Hall–Kier alpha value is -3.86. The summed E-state index contributed by atoms with van der Waals surface area (Å²) in [5, 5.41) is 2.97. The van der Waals surface area contributed by atoms with E-state index in [1.165, 1.54) is 11.1 Å². The Morgan fingerprint density at radius 2 is 1.83 bits per heavy atom. The molecule has 0 saturated heterocycles. The number of amides is 1. The second kappa shape index (κ2) is 11.5. The normalized spacial score (nSPS) is 11.4. The second-order valence-electron chi connectivity index (χ2n) is 9.00. The molecule has 0 atom stereocenters. The zero-order valence-corrected chi connectivity index (χ0v) is 20.7. The molecule has 5 heteroatoms. The maximum absolute atomic E-state index is 12.3. The third-order valence-electron chi connectivity index (χ3n) is 5.97. The Morgan fingerprint density at radius 3 is 2.63 bits per heavy atom. The molecule has 4 aromatic rings. The van der Waals surface area contributed by atoms with Crippen molar-refractivity contribution >= 4 is 23.0 Å². The minimum atomic E-state index is -0.111. The molecular weight excluding hydrogens is 434 g/mol. The van der Waals surface area contributed by atoms with Crippen LogP contribution in [0.25, 0.3) is 17.1 Å². The minimum Gasteiger partial charge on any atom is -0.491 e. The molecule has 0 fully saturated rings. The van der Waals surface area contributed by atoms with Crippen molar-refractivity contribution in [3.63, 3.8) is 0 Å². The molecule has 1 amide bonds. The highest BCUT2D eigenvalue weighted by Gasteiger charge is 2.12. The number of nitrogens with one attached hydrogen (secondary N) is 1. The number of aromatic nitrogens is 2. The number of imidazole rings is 1. The van der Waals surface area contributed by atoms with E-state index < -0.39 is 0 Å². The molecule has 0 aliphatic carbocycles. The fourth-order valence-corrected chi connectivity index (χ4v) is 4.15. The maximum Gasteiger partial charge on any atom is 0.244 e. The summed E-state index contributed by atoms with van der Waals surface area (Å²) in [5.74, 6) is 2.18. The number of hydrogen-bond donors (Lipinski definition) is 1. The van der Waals surface area contributed by atoms with Crippen LogP contribution in [0.1, 0.15) is 42.3 Å². The molecule has 0 spiro atoms. The highest BCUT2D eigenvalue weighted by molar-refractivity contribution is 5.91. The number of carbonyl (C=O) groups is 1. The largest absolute Gasteiger partial charge is 0.491 e. The van der Waals surface area contributed by atoms with Crippen LogP contribution in [-0.2, 0) is 17.8 Å². The fraction of sp³-hybridized carbons (Fsp3) is 0.267. The van der Waals surface area contributed by atoms with E-state index in [4.69, 9.17) is 9.72 Å². The molecule has 3 aromatic carbocycles. The summed E-state index contributed by atoms with van der Waals surface area (Å²) < 4.78 is 8.45. The lowest BCUT2D eigenvalue weighted by molar-refractivity contribution is -0.116. The van der Waals surface area contributed by atoms with Gasteiger partial charge >= 0.3 is 0 Å². The summed E-state index contributed by atoms with van der Waals surface area (Å²) in [7, 11) is 0. The molecule has 5 nitrogen and oxygen atoms in total. The Bertz CT molecular complexity index is 1310. The van der Waals surface area contributed by atoms with Gasteiger partial charge in [0.2, 0.25) is 5.91 Å². The van der Waals surface area contributed by atoms with E-state index in [1.54, 1.807) is 6.08 Å². The van der Waals surface area contributed by atoms with Crippen LogP contribution >= 0.6 is 0 Å². The number of benzene rings is 3. The van der Waals surface area contributed by atoms with Crippen LogP contribution in [-0.4, -0.2) is 28.6 Å². The van der Waals surface area contributed by atoms with Gasteiger partial charge in [-0.1, -0.05) is 68.4 Å². The molecule has 0 saturated carbocycles. The first-order valence-corrected chi connectivity index (χ1v) is 12.2. The van der Waals surface area contributed by atoms with Crippen molar-refractivity contribution in [3.05, 3.63) is 101 Å². The van der Waals surface area contributed by atoms with Gasteiger partial charge in [-0.3, -0.25) is 4.79 Å². The number of fused-ring (bicyclic) bond motifs is 1. The fourth-order valence-electron chi connectivity index (χ4n) is 4.15. The first-order chi connectivity index (χ1) is 17.0. The second-order valence-corrected chi connectivity index (χ2v) is 9.00. The quantitative estimate of drug-likeness (QED) is 0.295. The summed E-state index contributed by atoms with van der Waals surface area (Å²) in [6.07, 6.45) is 4.03. The van der Waals surface area contributed by atoms with Gasteiger partial charge in [0.25, 0.3) is 0 Å². The molecule has 35 heavy (non-hydrogen) atoms. The summed E-state index contributed by atoms with van der Waals surface area (Å²) in [6, 6.07) is 24.3. The molecule has 0 aliphatic rings. The van der Waals surface area contributed by atoms with Gasteiger partial charge in [0.1, 0.15) is 18.2 Å². The minimum absolute atomic E-state index is 0.111. The van der Waals surface area contributed by atoms with Crippen LogP contribution in [0.5, 0.6) is 5.75 Å². The van der Waals surface area contributed by atoms with E-state index in [9.17, 15) is 4.79 Å². The highest BCUT2D eigenvalue weighted by atomic mass is 16.5. The average Bonchev–Trinajstić information content (AvgIpc) is 3.20. The van der Waals surface area contributed by atoms with Crippen LogP contribution in [0.2, 0.25) is 0 Å². The number of rotatable bonds is 10. The molecule has 1 aromatic heterocycles. The molecule has 0 radical (unpaired) electrons. The maximum atomic E-state index is 12.3. The molecular formula is C30H33N3O2. The molecule has 0 aliphatic heterocycles. The zero-order valence-electron chi connectivity index (χ0n) is 20.7. The lowest BCUT2D eigenvalue weighted by Gasteiger charge is -2.16. The van der Waals surface area contributed by atoms with Gasteiger partial charge in [-0.25, -0.2) is 4.98 Å². The van der Waals surface area contributed by atoms with Crippen molar-refractivity contribution in [2.24, 2.45) is 0 Å². The van der Waals surface area contributed by atoms with Gasteiger partial charge in [0, 0.05) is 19.0 Å². The molecule has 0 bridgehead atoms. The number of hydrogen-bond acceptors (Lipinski definition) is 3. The van der Waals surface area contributed by atoms with Crippen molar-refractivity contribution < 1.29 is 9.53 Å². The number of para-hydroxylation sites is 2. The average molecular weight is 468 g/mol. The first kappa shape index (κ1) is 24.3. The van der Waals surface area contributed by atoms with Gasteiger partial charge in [-0.05, 0) is 53.8 Å². The standard InChI is InChI=1S/C30H33N3O2/c1-22(2)25-15-13-23(3)21-28(25)35-20-19-33-27-12-8-7-11-26(27)32-29(33)17-18-31-30(34)16-14-24-9-5-4-6-10-24/h4-16,21-22H,17-20H2,1-3H3,(H,31,34)/b16-14+. The SMILES string of the molecule is Cc1ccc(C(C)C)c(OCCn2c(CCNC(=O)/C=C/c3ccccc3)nc3ccccc32)c1.